The highest BCUT2D eigenvalue weighted by Crippen LogP contribution is 2.29. The second-order valence-electron chi connectivity index (χ2n) is 5.88. The highest BCUT2D eigenvalue weighted by Gasteiger charge is 2.21. The molecular formula is C18H17ClN4O3S. The van der Waals surface area contributed by atoms with Crippen LogP contribution in [0.15, 0.2) is 52.2 Å². The number of furan rings is 1. The Morgan fingerprint density at radius 2 is 2.04 bits per heavy atom. The summed E-state index contributed by atoms with van der Waals surface area (Å²) in [4.78, 5) is 14.3. The normalized spacial score (nSPS) is 14.5. The summed E-state index contributed by atoms with van der Waals surface area (Å²) < 4.78 is 12.6. The summed E-state index contributed by atoms with van der Waals surface area (Å²) in [5.74, 6) is 1.48. The molecule has 3 aromatic rings. The van der Waals surface area contributed by atoms with Gasteiger partial charge in [0.1, 0.15) is 0 Å². The van der Waals surface area contributed by atoms with Crippen LogP contribution >= 0.6 is 23.4 Å². The third-order valence-corrected chi connectivity index (χ3v) is 5.28. The van der Waals surface area contributed by atoms with Gasteiger partial charge in [-0.05, 0) is 30.3 Å². The summed E-state index contributed by atoms with van der Waals surface area (Å²) in [7, 11) is 0. The van der Waals surface area contributed by atoms with Crippen LogP contribution in [0.5, 0.6) is 0 Å². The Bertz CT molecular complexity index is 923. The first-order valence-electron chi connectivity index (χ1n) is 8.46. The quantitative estimate of drug-likeness (QED) is 0.608. The molecule has 1 fully saturated rings. The van der Waals surface area contributed by atoms with Crippen molar-refractivity contribution in [2.45, 2.75) is 5.16 Å². The SMILES string of the molecule is O=C(CSc1nnc(-c2ccco2)n1-c1cccc(Cl)c1)N1CCOCC1. The van der Waals surface area contributed by atoms with Gasteiger partial charge in [0.05, 0.1) is 30.9 Å². The summed E-state index contributed by atoms with van der Waals surface area (Å²) in [6.07, 6.45) is 1.58. The van der Waals surface area contributed by atoms with Gasteiger partial charge >= 0.3 is 0 Å². The average Bonchev–Trinajstić information content (AvgIpc) is 3.36. The molecule has 0 bridgehead atoms. The molecule has 0 radical (unpaired) electrons. The zero-order valence-electron chi connectivity index (χ0n) is 14.4. The molecule has 0 N–H and O–H groups in total. The molecule has 0 atom stereocenters. The molecule has 1 aromatic carbocycles. The highest BCUT2D eigenvalue weighted by molar-refractivity contribution is 7.99. The number of rotatable bonds is 5. The minimum Gasteiger partial charge on any atom is -0.461 e. The monoisotopic (exact) mass is 404 g/mol. The van der Waals surface area contributed by atoms with Crippen molar-refractivity contribution in [2.24, 2.45) is 0 Å². The number of benzene rings is 1. The van der Waals surface area contributed by atoms with E-state index in [2.05, 4.69) is 10.2 Å². The van der Waals surface area contributed by atoms with Crippen LogP contribution in [0.25, 0.3) is 17.3 Å². The topological polar surface area (TPSA) is 73.4 Å². The van der Waals surface area contributed by atoms with E-state index in [4.69, 9.17) is 20.8 Å². The maximum atomic E-state index is 12.5. The molecule has 0 unspecified atom stereocenters. The van der Waals surface area contributed by atoms with E-state index in [0.29, 0.717) is 48.1 Å². The van der Waals surface area contributed by atoms with E-state index in [1.165, 1.54) is 11.8 Å². The molecule has 0 spiro atoms. The second-order valence-corrected chi connectivity index (χ2v) is 7.26. The Hall–Kier alpha value is -2.29. The van der Waals surface area contributed by atoms with Gasteiger partial charge in [-0.1, -0.05) is 29.4 Å². The maximum Gasteiger partial charge on any atom is 0.233 e. The largest absolute Gasteiger partial charge is 0.461 e. The third kappa shape index (κ3) is 4.02. The van der Waals surface area contributed by atoms with Gasteiger partial charge in [0.2, 0.25) is 11.7 Å². The lowest BCUT2D eigenvalue weighted by Crippen LogP contribution is -2.41. The minimum absolute atomic E-state index is 0.0588. The van der Waals surface area contributed by atoms with Crippen molar-refractivity contribution >= 4 is 29.3 Å². The Morgan fingerprint density at radius 3 is 2.78 bits per heavy atom. The van der Waals surface area contributed by atoms with Gasteiger partial charge in [0.15, 0.2) is 10.9 Å². The summed E-state index contributed by atoms with van der Waals surface area (Å²) in [5, 5.41) is 9.74. The molecule has 4 rings (SSSR count). The zero-order valence-corrected chi connectivity index (χ0v) is 15.9. The summed E-state index contributed by atoms with van der Waals surface area (Å²) in [6, 6.07) is 11.0. The molecule has 7 nitrogen and oxygen atoms in total. The molecule has 0 aliphatic carbocycles. The lowest BCUT2D eigenvalue weighted by molar-refractivity contribution is -0.132. The van der Waals surface area contributed by atoms with Crippen LogP contribution in [0.2, 0.25) is 5.02 Å². The summed E-state index contributed by atoms with van der Waals surface area (Å²) in [5.41, 5.74) is 0.806. The number of aromatic nitrogens is 3. The molecule has 0 saturated carbocycles. The van der Waals surface area contributed by atoms with Crippen LogP contribution in [-0.4, -0.2) is 57.6 Å². The number of ether oxygens (including phenoxy) is 1. The number of nitrogens with zero attached hydrogens (tertiary/aromatic N) is 4. The van der Waals surface area contributed by atoms with Gasteiger partial charge in [-0.2, -0.15) is 0 Å². The fourth-order valence-electron chi connectivity index (χ4n) is 2.81. The standard InChI is InChI=1S/C18H17ClN4O3S/c19-13-3-1-4-14(11-13)23-17(15-5-2-8-26-15)20-21-18(23)27-12-16(24)22-6-9-25-10-7-22/h1-5,8,11H,6-7,9-10,12H2. The number of carbonyl (C=O) groups is 1. The molecule has 1 aliphatic rings. The third-order valence-electron chi connectivity index (χ3n) is 4.13. The Kier molecular flexibility index (Phi) is 5.47. The first-order chi connectivity index (χ1) is 13.2. The lowest BCUT2D eigenvalue weighted by atomic mass is 10.3. The van der Waals surface area contributed by atoms with Crippen LogP contribution in [0.4, 0.5) is 0 Å². The predicted octanol–water partition coefficient (Wildman–Crippen LogP) is 3.13. The van der Waals surface area contributed by atoms with Crippen LogP contribution < -0.4 is 0 Å². The van der Waals surface area contributed by atoms with E-state index in [9.17, 15) is 4.79 Å². The number of hydrogen-bond donors (Lipinski definition) is 0. The van der Waals surface area contributed by atoms with Crippen LogP contribution in [0, 0.1) is 0 Å². The fourth-order valence-corrected chi connectivity index (χ4v) is 3.85. The number of thioether (sulfide) groups is 1. The first-order valence-corrected chi connectivity index (χ1v) is 9.82. The Labute approximate surface area is 165 Å². The average molecular weight is 405 g/mol. The van der Waals surface area contributed by atoms with Gasteiger partial charge in [0, 0.05) is 18.1 Å². The predicted molar refractivity (Wildman–Crippen MR) is 102 cm³/mol. The van der Waals surface area contributed by atoms with Crippen molar-refractivity contribution in [3.8, 4) is 17.3 Å². The van der Waals surface area contributed by atoms with Crippen molar-refractivity contribution in [1.82, 2.24) is 19.7 Å². The van der Waals surface area contributed by atoms with Crippen LogP contribution in [0.1, 0.15) is 0 Å². The van der Waals surface area contributed by atoms with Crippen molar-refractivity contribution in [3.63, 3.8) is 0 Å². The minimum atomic E-state index is 0.0588. The lowest BCUT2D eigenvalue weighted by Gasteiger charge is -2.26. The van der Waals surface area contributed by atoms with Gasteiger partial charge < -0.3 is 14.1 Å². The number of amides is 1. The molecule has 140 valence electrons. The van der Waals surface area contributed by atoms with E-state index < -0.39 is 0 Å². The molecule has 1 amide bonds. The number of hydrogen-bond acceptors (Lipinski definition) is 6. The van der Waals surface area contributed by atoms with E-state index >= 15 is 0 Å². The molecule has 1 aliphatic heterocycles. The second kappa shape index (κ2) is 8.16. The maximum absolute atomic E-state index is 12.5. The number of carbonyl (C=O) groups excluding carboxylic acids is 1. The van der Waals surface area contributed by atoms with E-state index in [0.717, 1.165) is 5.69 Å². The van der Waals surface area contributed by atoms with E-state index in [1.807, 2.05) is 33.7 Å². The molecule has 9 heteroatoms. The van der Waals surface area contributed by atoms with Crippen LogP contribution in [-0.2, 0) is 9.53 Å². The molecular weight excluding hydrogens is 388 g/mol. The first kappa shape index (κ1) is 18.1. The van der Waals surface area contributed by atoms with Gasteiger partial charge in [-0.25, -0.2) is 0 Å². The summed E-state index contributed by atoms with van der Waals surface area (Å²) >= 11 is 7.50. The summed E-state index contributed by atoms with van der Waals surface area (Å²) in [6.45, 7) is 2.41. The Balaban J connectivity index is 1.61. The van der Waals surface area contributed by atoms with Crippen molar-refractivity contribution in [2.75, 3.05) is 32.1 Å². The van der Waals surface area contributed by atoms with Crippen molar-refractivity contribution in [1.29, 1.82) is 0 Å². The highest BCUT2D eigenvalue weighted by atomic mass is 35.5. The van der Waals surface area contributed by atoms with E-state index in [-0.39, 0.29) is 11.7 Å². The van der Waals surface area contributed by atoms with Crippen molar-refractivity contribution in [3.05, 3.63) is 47.7 Å². The van der Waals surface area contributed by atoms with Crippen molar-refractivity contribution < 1.29 is 13.9 Å². The number of morpholine rings is 1. The number of halogens is 1. The van der Waals surface area contributed by atoms with Crippen LogP contribution in [0.3, 0.4) is 0 Å². The fraction of sp³-hybridized carbons (Fsp3) is 0.278. The molecule has 2 aromatic heterocycles. The van der Waals surface area contributed by atoms with E-state index in [1.54, 1.807) is 18.4 Å². The Morgan fingerprint density at radius 1 is 1.19 bits per heavy atom. The smallest absolute Gasteiger partial charge is 0.233 e. The van der Waals surface area contributed by atoms with Gasteiger partial charge in [-0.3, -0.25) is 9.36 Å². The molecule has 27 heavy (non-hydrogen) atoms. The van der Waals surface area contributed by atoms with Gasteiger partial charge in [0.25, 0.3) is 0 Å². The molecule has 3 heterocycles. The molecule has 1 saturated heterocycles. The zero-order chi connectivity index (χ0) is 18.6. The van der Waals surface area contributed by atoms with Gasteiger partial charge in [-0.15, -0.1) is 10.2 Å².